The Morgan fingerprint density at radius 3 is 0.542 bits per heavy atom. The van der Waals surface area contributed by atoms with Gasteiger partial charge >= 0.3 is 34.1 Å². The van der Waals surface area contributed by atoms with Crippen LogP contribution in [0.2, 0.25) is 0 Å². The van der Waals surface area contributed by atoms with E-state index in [2.05, 4.69) is 0 Å². The summed E-state index contributed by atoms with van der Waals surface area (Å²) in [6.07, 6.45) is 1.50. The van der Waals surface area contributed by atoms with E-state index in [4.69, 9.17) is 39.6 Å². The Labute approximate surface area is 160 Å². The fraction of sp³-hybridized carbons (Fsp3) is 0.400. The third-order valence-corrected chi connectivity index (χ3v) is 0.422. The van der Waals surface area contributed by atoms with Gasteiger partial charge in [-0.3, -0.25) is 9.59 Å². The Balaban J connectivity index is -0.0000000214. The van der Waals surface area contributed by atoms with E-state index in [1.165, 1.54) is 9.80 Å². The summed E-state index contributed by atoms with van der Waals surface area (Å²) in [5, 5.41) is 33.0. The maximum absolute atomic E-state index is 9.43. The van der Waals surface area contributed by atoms with Crippen LogP contribution in [0, 0.1) is 0 Å². The molecule has 0 saturated carbocycles. The number of hydrogen-bond donors (Lipinski definition) is 0. The van der Waals surface area contributed by atoms with E-state index in [1.54, 1.807) is 28.2 Å². The van der Waals surface area contributed by atoms with Crippen molar-refractivity contribution in [2.24, 2.45) is 0 Å². The molecule has 0 aromatic heterocycles. The second kappa shape index (κ2) is 84.6. The number of carbonyl (C=O) groups excluding carboxylic acids is 6. The van der Waals surface area contributed by atoms with Gasteiger partial charge in [0.25, 0.3) is 0 Å². The maximum Gasteiger partial charge on any atom is 2.00 e. The molecule has 0 spiro atoms. The molecule has 0 aliphatic heterocycles. The normalized spacial score (nSPS) is 4.83. The van der Waals surface area contributed by atoms with E-state index < -0.39 is 25.9 Å². The van der Waals surface area contributed by atoms with Crippen LogP contribution >= 0.6 is 0 Å². The molecule has 0 heterocycles. The maximum atomic E-state index is 9.43. The van der Waals surface area contributed by atoms with Gasteiger partial charge in [-0.05, 0) is 0 Å². The van der Waals surface area contributed by atoms with Crippen molar-refractivity contribution in [1.82, 2.24) is 9.80 Å². The molecule has 24 heavy (non-hydrogen) atoms. The summed E-state index contributed by atoms with van der Waals surface area (Å²) in [6.45, 7) is -2.00. The van der Waals surface area contributed by atoms with Crippen LogP contribution in [0.15, 0.2) is 0 Å². The number of amides is 2. The standard InChI is InChI=1S/2C3H7NO.4CH2O2.2Cu/c2*1-4(2)3-5;4*2-1-3;;/h2*3H,1-2H3;4*1H,(H,2,3);;/q;;;;;;2*+2/p-4. The second-order valence-electron chi connectivity index (χ2n) is 2.52. The molecule has 0 aliphatic carbocycles. The summed E-state index contributed by atoms with van der Waals surface area (Å²) in [6, 6.07) is 0. The average molecular weight is 453 g/mol. The smallest absolute Gasteiger partial charge is 0.554 e. The molecule has 0 rings (SSSR count). The summed E-state index contributed by atoms with van der Waals surface area (Å²) in [4.78, 5) is 54.8. The number of rotatable bonds is 2. The van der Waals surface area contributed by atoms with Crippen molar-refractivity contribution in [3.63, 3.8) is 0 Å². The van der Waals surface area contributed by atoms with Gasteiger partial charge in [-0.15, -0.1) is 0 Å². The van der Waals surface area contributed by atoms with Gasteiger partial charge in [0.15, 0.2) is 0 Å². The zero-order valence-corrected chi connectivity index (χ0v) is 14.9. The summed E-state index contributed by atoms with van der Waals surface area (Å²) in [5.74, 6) is 0. The molecule has 2 radical (unpaired) electrons. The van der Waals surface area contributed by atoms with Gasteiger partial charge in [0, 0.05) is 54.1 Å². The predicted octanol–water partition coefficient (Wildman–Crippen LogP) is -7.13. The van der Waals surface area contributed by atoms with Gasteiger partial charge < -0.3 is 49.4 Å². The van der Waals surface area contributed by atoms with Crippen LogP contribution in [-0.2, 0) is 62.9 Å². The first-order valence-electron chi connectivity index (χ1n) is 4.66. The van der Waals surface area contributed by atoms with Crippen molar-refractivity contribution in [2.45, 2.75) is 0 Å². The predicted molar refractivity (Wildman–Crippen MR) is 63.8 cm³/mol. The van der Waals surface area contributed by atoms with Gasteiger partial charge in [-0.1, -0.05) is 0 Å². The van der Waals surface area contributed by atoms with Crippen molar-refractivity contribution >= 4 is 38.7 Å². The average Bonchev–Trinajstić information content (AvgIpc) is 2.43. The van der Waals surface area contributed by atoms with Crippen LogP contribution in [0.1, 0.15) is 0 Å². The van der Waals surface area contributed by atoms with Crippen molar-refractivity contribution in [3.05, 3.63) is 0 Å². The molecular formula is C10H18Cu2N2O10. The van der Waals surface area contributed by atoms with Crippen molar-refractivity contribution < 1.29 is 83.3 Å². The second-order valence-corrected chi connectivity index (χ2v) is 2.52. The van der Waals surface area contributed by atoms with Crippen LogP contribution in [0.5, 0.6) is 0 Å². The van der Waals surface area contributed by atoms with E-state index in [-0.39, 0.29) is 34.1 Å². The third kappa shape index (κ3) is 2040. The Morgan fingerprint density at radius 1 is 0.500 bits per heavy atom. The van der Waals surface area contributed by atoms with E-state index in [0.717, 1.165) is 12.8 Å². The van der Waals surface area contributed by atoms with E-state index in [0.29, 0.717) is 0 Å². The Bertz CT molecular complexity index is 208. The molecule has 0 atom stereocenters. The minimum absolute atomic E-state index is 0. The fourth-order valence-electron chi connectivity index (χ4n) is 0. The molecule has 0 unspecified atom stereocenters. The molecule has 0 bridgehead atoms. The minimum Gasteiger partial charge on any atom is -0.554 e. The first-order valence-corrected chi connectivity index (χ1v) is 4.66. The van der Waals surface area contributed by atoms with Gasteiger partial charge in [-0.2, -0.15) is 0 Å². The number of nitrogens with zero attached hydrogens (tertiary/aromatic N) is 2. The Kier molecular flexibility index (Phi) is 175. The zero-order valence-electron chi connectivity index (χ0n) is 13.0. The summed E-state index contributed by atoms with van der Waals surface area (Å²) < 4.78 is 0. The Morgan fingerprint density at radius 2 is 0.542 bits per heavy atom. The zero-order chi connectivity index (χ0) is 19.4. The molecule has 0 saturated heterocycles. The number of carboxylic acid groups (broad SMARTS) is 4. The number of carbonyl (C=O) groups is 6. The molecule has 2 amide bonds. The van der Waals surface area contributed by atoms with Crippen LogP contribution < -0.4 is 20.4 Å². The molecule has 150 valence electrons. The molecule has 0 aromatic rings. The molecular weight excluding hydrogens is 435 g/mol. The third-order valence-electron chi connectivity index (χ3n) is 0.422. The quantitative estimate of drug-likeness (QED) is 0.285. The van der Waals surface area contributed by atoms with E-state index >= 15 is 0 Å². The van der Waals surface area contributed by atoms with Crippen LogP contribution in [-0.4, -0.2) is 76.7 Å². The molecule has 0 fully saturated rings. The van der Waals surface area contributed by atoms with Gasteiger partial charge in [0.1, 0.15) is 0 Å². The van der Waals surface area contributed by atoms with Gasteiger partial charge in [0.05, 0.1) is 0 Å². The molecule has 0 aromatic carbocycles. The van der Waals surface area contributed by atoms with Crippen molar-refractivity contribution in [3.8, 4) is 0 Å². The van der Waals surface area contributed by atoms with Gasteiger partial charge in [-0.25, -0.2) is 0 Å². The molecule has 0 aliphatic rings. The topological polar surface area (TPSA) is 201 Å². The molecule has 12 nitrogen and oxygen atoms in total. The van der Waals surface area contributed by atoms with Crippen molar-refractivity contribution in [1.29, 1.82) is 0 Å². The largest absolute Gasteiger partial charge is 2.00 e. The van der Waals surface area contributed by atoms with Gasteiger partial charge in [0.2, 0.25) is 12.8 Å². The van der Waals surface area contributed by atoms with Crippen LogP contribution in [0.3, 0.4) is 0 Å². The SMILES string of the molecule is CN(C)C=O.CN(C)C=O.O=C[O-].O=C[O-].O=C[O-].O=C[O-].[Cu+2].[Cu+2]. The van der Waals surface area contributed by atoms with Crippen LogP contribution in [0.4, 0.5) is 0 Å². The summed E-state index contributed by atoms with van der Waals surface area (Å²) >= 11 is 0. The monoisotopic (exact) mass is 452 g/mol. The molecule has 0 N–H and O–H groups in total. The molecule has 14 heteroatoms. The first kappa shape index (κ1) is 49.5. The fourth-order valence-corrected chi connectivity index (χ4v) is 0. The van der Waals surface area contributed by atoms with Crippen LogP contribution in [0.25, 0.3) is 0 Å². The summed E-state index contributed by atoms with van der Waals surface area (Å²) in [5.41, 5.74) is 0. The summed E-state index contributed by atoms with van der Waals surface area (Å²) in [7, 11) is 6.75. The van der Waals surface area contributed by atoms with E-state index in [1.807, 2.05) is 0 Å². The Hall–Kier alpha value is -2.14. The van der Waals surface area contributed by atoms with E-state index in [9.17, 15) is 9.59 Å². The minimum atomic E-state index is -0.500. The first-order chi connectivity index (χ1) is 10.2. The number of hydrogen-bond acceptors (Lipinski definition) is 10. The van der Waals surface area contributed by atoms with Crippen molar-refractivity contribution in [2.75, 3.05) is 28.2 Å².